The van der Waals surface area contributed by atoms with Crippen LogP contribution in [-0.4, -0.2) is 30.9 Å². The lowest BCUT2D eigenvalue weighted by Gasteiger charge is -2.10. The lowest BCUT2D eigenvalue weighted by Crippen LogP contribution is -2.16. The number of aliphatic hydroxyl groups is 1. The highest BCUT2D eigenvalue weighted by Crippen LogP contribution is 2.18. The van der Waals surface area contributed by atoms with Gasteiger partial charge in [-0.05, 0) is 24.5 Å². The summed E-state index contributed by atoms with van der Waals surface area (Å²) in [5.74, 6) is 0.265. The van der Waals surface area contributed by atoms with Crippen molar-refractivity contribution < 1.29 is 19.4 Å². The summed E-state index contributed by atoms with van der Waals surface area (Å²) >= 11 is 0. The Labute approximate surface area is 108 Å². The van der Waals surface area contributed by atoms with Crippen molar-refractivity contribution in [3.05, 3.63) is 29.8 Å². The van der Waals surface area contributed by atoms with Gasteiger partial charge in [0.25, 0.3) is 0 Å². The number of para-hydroxylation sites is 1. The van der Waals surface area contributed by atoms with Crippen LogP contribution in [0.25, 0.3) is 0 Å². The second-order valence-electron chi connectivity index (χ2n) is 3.94. The van der Waals surface area contributed by atoms with Gasteiger partial charge in [-0.15, -0.1) is 0 Å². The first-order chi connectivity index (χ1) is 8.77. The quantitative estimate of drug-likeness (QED) is 0.567. The Kier molecular flexibility index (Phi) is 6.87. The number of hydrogen-bond donors (Lipinski definition) is 1. The minimum atomic E-state index is -0.359. The summed E-state index contributed by atoms with van der Waals surface area (Å²) in [7, 11) is 0. The zero-order chi connectivity index (χ0) is 13.2. The minimum absolute atomic E-state index is 0.0569. The fraction of sp³-hybridized carbons (Fsp3) is 0.500. The van der Waals surface area contributed by atoms with E-state index in [1.165, 1.54) is 0 Å². The lowest BCUT2D eigenvalue weighted by atomic mass is 10.1. The molecule has 4 heteroatoms. The molecule has 0 aliphatic carbocycles. The number of ether oxygens (including phenoxy) is 2. The highest BCUT2D eigenvalue weighted by molar-refractivity contribution is 5.71. The Balaban J connectivity index is 2.40. The van der Waals surface area contributed by atoms with Crippen LogP contribution in [0.4, 0.5) is 0 Å². The third kappa shape index (κ3) is 5.19. The highest BCUT2D eigenvalue weighted by Gasteiger charge is 2.07. The molecule has 0 aliphatic rings. The van der Waals surface area contributed by atoms with Gasteiger partial charge in [0, 0.05) is 6.61 Å². The molecule has 0 saturated carbocycles. The molecule has 4 nitrogen and oxygen atoms in total. The Hall–Kier alpha value is -1.55. The topological polar surface area (TPSA) is 55.8 Å². The van der Waals surface area contributed by atoms with E-state index in [0.29, 0.717) is 18.8 Å². The van der Waals surface area contributed by atoms with E-state index in [4.69, 9.17) is 14.6 Å². The molecule has 0 aliphatic heterocycles. The molecule has 1 rings (SSSR count). The van der Waals surface area contributed by atoms with E-state index in [2.05, 4.69) is 0 Å². The van der Waals surface area contributed by atoms with Gasteiger partial charge in [-0.2, -0.15) is 0 Å². The monoisotopic (exact) mass is 252 g/mol. The van der Waals surface area contributed by atoms with E-state index >= 15 is 0 Å². The third-order valence-corrected chi connectivity index (χ3v) is 2.46. The number of unbranched alkanes of at least 4 members (excludes halogenated alkanes) is 1. The van der Waals surface area contributed by atoms with Crippen molar-refractivity contribution >= 4 is 5.97 Å². The molecule has 0 radical (unpaired) electrons. The number of hydrogen-bond acceptors (Lipinski definition) is 4. The smallest absolute Gasteiger partial charge is 0.344 e. The summed E-state index contributed by atoms with van der Waals surface area (Å²) in [5.41, 5.74) is 0.890. The molecular formula is C14H20O4. The molecule has 0 fully saturated rings. The molecule has 18 heavy (non-hydrogen) atoms. The predicted molar refractivity (Wildman–Crippen MR) is 68.6 cm³/mol. The van der Waals surface area contributed by atoms with Crippen molar-refractivity contribution in [3.63, 3.8) is 0 Å². The maximum atomic E-state index is 11.4. The van der Waals surface area contributed by atoms with Crippen LogP contribution in [0.5, 0.6) is 5.75 Å². The number of aliphatic hydroxyl groups excluding tert-OH is 1. The molecule has 100 valence electrons. The van der Waals surface area contributed by atoms with E-state index in [0.717, 1.165) is 18.4 Å². The van der Waals surface area contributed by atoms with Gasteiger partial charge < -0.3 is 14.6 Å². The zero-order valence-corrected chi connectivity index (χ0v) is 10.7. The maximum absolute atomic E-state index is 11.4. The van der Waals surface area contributed by atoms with Crippen molar-refractivity contribution in [1.29, 1.82) is 0 Å². The fourth-order valence-electron chi connectivity index (χ4n) is 1.48. The van der Waals surface area contributed by atoms with Gasteiger partial charge in [-0.3, -0.25) is 0 Å². The van der Waals surface area contributed by atoms with Gasteiger partial charge in [0.2, 0.25) is 0 Å². The normalized spacial score (nSPS) is 10.1. The van der Waals surface area contributed by atoms with Crippen LogP contribution in [0.1, 0.15) is 25.3 Å². The molecular weight excluding hydrogens is 232 g/mol. The largest absolute Gasteiger partial charge is 0.482 e. The van der Waals surface area contributed by atoms with Crippen LogP contribution in [-0.2, 0) is 16.0 Å². The van der Waals surface area contributed by atoms with Crippen molar-refractivity contribution in [2.75, 3.05) is 19.8 Å². The first-order valence-electron chi connectivity index (χ1n) is 6.25. The summed E-state index contributed by atoms with van der Waals surface area (Å²) in [4.78, 5) is 11.4. The second kappa shape index (κ2) is 8.53. The number of carbonyl (C=O) groups is 1. The molecule has 1 aromatic rings. The lowest BCUT2D eigenvalue weighted by molar-refractivity contribution is -0.146. The van der Waals surface area contributed by atoms with Crippen molar-refractivity contribution in [2.45, 2.75) is 26.2 Å². The molecule has 1 aromatic carbocycles. The van der Waals surface area contributed by atoms with Crippen LogP contribution in [0, 0.1) is 0 Å². The summed E-state index contributed by atoms with van der Waals surface area (Å²) in [5, 5.41) is 8.92. The first-order valence-corrected chi connectivity index (χ1v) is 6.25. The summed E-state index contributed by atoms with van der Waals surface area (Å²) < 4.78 is 10.4. The third-order valence-electron chi connectivity index (χ3n) is 2.46. The molecule has 0 aromatic heterocycles. The Morgan fingerprint density at radius 1 is 1.33 bits per heavy atom. The van der Waals surface area contributed by atoms with Crippen LogP contribution < -0.4 is 4.74 Å². The Morgan fingerprint density at radius 3 is 2.83 bits per heavy atom. The van der Waals surface area contributed by atoms with Gasteiger partial charge in [0.1, 0.15) is 5.75 Å². The van der Waals surface area contributed by atoms with E-state index < -0.39 is 0 Å². The SMILES string of the molecule is CCCCOC(=O)COc1ccccc1CCO. The number of rotatable bonds is 8. The van der Waals surface area contributed by atoms with Crippen LogP contribution in [0.3, 0.4) is 0 Å². The van der Waals surface area contributed by atoms with Gasteiger partial charge in [0.05, 0.1) is 6.61 Å². The van der Waals surface area contributed by atoms with Gasteiger partial charge in [-0.1, -0.05) is 31.5 Å². The van der Waals surface area contributed by atoms with E-state index in [1.54, 1.807) is 6.07 Å². The molecule has 0 unspecified atom stereocenters. The molecule has 0 bridgehead atoms. The number of benzene rings is 1. The van der Waals surface area contributed by atoms with E-state index in [1.807, 2.05) is 25.1 Å². The summed E-state index contributed by atoms with van der Waals surface area (Å²) in [6.07, 6.45) is 2.38. The summed E-state index contributed by atoms with van der Waals surface area (Å²) in [6, 6.07) is 7.36. The van der Waals surface area contributed by atoms with E-state index in [-0.39, 0.29) is 19.2 Å². The van der Waals surface area contributed by atoms with Crippen molar-refractivity contribution in [1.82, 2.24) is 0 Å². The fourth-order valence-corrected chi connectivity index (χ4v) is 1.48. The van der Waals surface area contributed by atoms with Crippen molar-refractivity contribution in [2.24, 2.45) is 0 Å². The number of esters is 1. The highest BCUT2D eigenvalue weighted by atomic mass is 16.6. The summed E-state index contributed by atoms with van der Waals surface area (Å²) in [6.45, 7) is 2.44. The van der Waals surface area contributed by atoms with Gasteiger partial charge in [-0.25, -0.2) is 4.79 Å². The molecule has 0 saturated heterocycles. The van der Waals surface area contributed by atoms with Crippen LogP contribution in [0.15, 0.2) is 24.3 Å². The standard InChI is InChI=1S/C14H20O4/c1-2-3-10-17-14(16)11-18-13-7-5-4-6-12(13)8-9-15/h4-7,15H,2-3,8-11H2,1H3. The Bertz CT molecular complexity index is 363. The Morgan fingerprint density at radius 2 is 2.11 bits per heavy atom. The second-order valence-corrected chi connectivity index (χ2v) is 3.94. The average Bonchev–Trinajstić information content (AvgIpc) is 2.38. The van der Waals surface area contributed by atoms with Gasteiger partial charge >= 0.3 is 5.97 Å². The van der Waals surface area contributed by atoms with E-state index in [9.17, 15) is 4.79 Å². The van der Waals surface area contributed by atoms with Crippen molar-refractivity contribution in [3.8, 4) is 5.75 Å². The predicted octanol–water partition coefficient (Wildman–Crippen LogP) is 1.94. The molecule has 1 N–H and O–H groups in total. The molecule has 0 atom stereocenters. The number of carbonyl (C=O) groups excluding carboxylic acids is 1. The van der Waals surface area contributed by atoms with Crippen LogP contribution >= 0.6 is 0 Å². The average molecular weight is 252 g/mol. The molecule has 0 spiro atoms. The molecule has 0 amide bonds. The van der Waals surface area contributed by atoms with Gasteiger partial charge in [0.15, 0.2) is 6.61 Å². The zero-order valence-electron chi connectivity index (χ0n) is 10.7. The maximum Gasteiger partial charge on any atom is 0.344 e. The molecule has 0 heterocycles. The first kappa shape index (κ1) is 14.5. The minimum Gasteiger partial charge on any atom is -0.482 e. The van der Waals surface area contributed by atoms with Crippen LogP contribution in [0.2, 0.25) is 0 Å².